The van der Waals surface area contributed by atoms with E-state index in [9.17, 15) is 14.9 Å². The molecule has 7 heteroatoms. The smallest absolute Gasteiger partial charge is 0.419 e. The van der Waals surface area contributed by atoms with Gasteiger partial charge in [0.15, 0.2) is 0 Å². The molecule has 13 heavy (non-hydrogen) atoms. The van der Waals surface area contributed by atoms with Crippen LogP contribution in [0.25, 0.3) is 0 Å². The Bertz CT molecular complexity index is 220. The van der Waals surface area contributed by atoms with Crippen LogP contribution < -0.4 is 5.43 Å². The lowest BCUT2D eigenvalue weighted by Crippen LogP contribution is -2.53. The van der Waals surface area contributed by atoms with Gasteiger partial charge in [-0.25, -0.2) is 10.2 Å². The molecule has 1 atom stereocenters. The first-order valence-electron chi connectivity index (χ1n) is 4.01. The molecule has 1 unspecified atom stereocenters. The first kappa shape index (κ1) is 9.72. The third kappa shape index (κ3) is 2.55. The van der Waals surface area contributed by atoms with Crippen molar-refractivity contribution < 1.29 is 14.8 Å². The quantitative estimate of drug-likeness (QED) is 0.479. The first-order chi connectivity index (χ1) is 6.11. The molecule has 74 valence electrons. The molecule has 0 aromatic rings. The lowest BCUT2D eigenvalue weighted by Gasteiger charge is -2.28. The van der Waals surface area contributed by atoms with Gasteiger partial charge in [0.25, 0.3) is 6.17 Å². The van der Waals surface area contributed by atoms with E-state index in [-0.39, 0.29) is 0 Å². The van der Waals surface area contributed by atoms with Gasteiger partial charge < -0.3 is 5.11 Å². The Morgan fingerprint density at radius 2 is 2.31 bits per heavy atom. The molecule has 1 fully saturated rings. The second kappa shape index (κ2) is 4.04. The number of nitro groups is 1. The van der Waals surface area contributed by atoms with Gasteiger partial charge in [-0.3, -0.25) is 10.1 Å². The summed E-state index contributed by atoms with van der Waals surface area (Å²) in [6, 6.07) is 0. The number of piperidine rings is 1. The first-order valence-corrected chi connectivity index (χ1v) is 4.01. The van der Waals surface area contributed by atoms with E-state index < -0.39 is 17.2 Å². The molecule has 0 aromatic carbocycles. The zero-order chi connectivity index (χ0) is 9.84. The summed E-state index contributed by atoms with van der Waals surface area (Å²) in [6.45, 7) is 0.401. The summed E-state index contributed by atoms with van der Waals surface area (Å²) in [5.74, 6) is 0. The lowest BCUT2D eigenvalue weighted by molar-refractivity contribution is -0.557. The molecule has 2 N–H and O–H groups in total. The van der Waals surface area contributed by atoms with Crippen LogP contribution in [0.5, 0.6) is 0 Å². The van der Waals surface area contributed by atoms with Crippen LogP contribution in [0.4, 0.5) is 4.79 Å². The fraction of sp³-hybridized carbons (Fsp3) is 0.833. The van der Waals surface area contributed by atoms with E-state index in [4.69, 9.17) is 5.11 Å². The molecule has 0 saturated carbocycles. The number of nitrogens with one attached hydrogen (secondary N) is 1. The van der Waals surface area contributed by atoms with Crippen molar-refractivity contribution >= 4 is 6.09 Å². The molecule has 1 aliphatic heterocycles. The van der Waals surface area contributed by atoms with Gasteiger partial charge in [-0.15, -0.1) is 0 Å². The highest BCUT2D eigenvalue weighted by molar-refractivity contribution is 5.63. The van der Waals surface area contributed by atoms with E-state index in [2.05, 4.69) is 0 Å². The number of carboxylic acid groups (broad SMARTS) is 1. The Balaban J connectivity index is 2.56. The minimum absolute atomic E-state index is 0.396. The maximum atomic E-state index is 10.5. The predicted molar refractivity (Wildman–Crippen MR) is 42.5 cm³/mol. The Morgan fingerprint density at radius 3 is 2.85 bits per heavy atom. The van der Waals surface area contributed by atoms with Crippen molar-refractivity contribution in [3.63, 3.8) is 0 Å². The van der Waals surface area contributed by atoms with Crippen molar-refractivity contribution in [1.82, 2.24) is 10.4 Å². The second-order valence-corrected chi connectivity index (χ2v) is 2.87. The molecule has 1 amide bonds. The zero-order valence-electron chi connectivity index (χ0n) is 6.97. The van der Waals surface area contributed by atoms with Crippen LogP contribution in [0, 0.1) is 10.1 Å². The van der Waals surface area contributed by atoms with Crippen LogP contribution in [0.2, 0.25) is 0 Å². The molecule has 0 radical (unpaired) electrons. The molecular formula is C6H11N3O4. The minimum atomic E-state index is -1.26. The van der Waals surface area contributed by atoms with Gasteiger partial charge in [0.2, 0.25) is 0 Å². The van der Waals surface area contributed by atoms with Gasteiger partial charge in [0, 0.05) is 17.9 Å². The predicted octanol–water partition coefficient (Wildman–Crippen LogP) is 0.258. The fourth-order valence-corrected chi connectivity index (χ4v) is 1.39. The minimum Gasteiger partial charge on any atom is -0.464 e. The Labute approximate surface area is 74.4 Å². The summed E-state index contributed by atoms with van der Waals surface area (Å²) >= 11 is 0. The Kier molecular flexibility index (Phi) is 3.02. The number of amides is 1. The summed E-state index contributed by atoms with van der Waals surface area (Å²) in [6.07, 6.45) is -0.222. The van der Waals surface area contributed by atoms with Crippen molar-refractivity contribution in [1.29, 1.82) is 0 Å². The van der Waals surface area contributed by atoms with Crippen molar-refractivity contribution in [3.8, 4) is 0 Å². The molecule has 1 rings (SSSR count). The van der Waals surface area contributed by atoms with Crippen molar-refractivity contribution in [2.24, 2.45) is 0 Å². The molecule has 1 aliphatic rings. The summed E-state index contributed by atoms with van der Waals surface area (Å²) in [5, 5.41) is 20.0. The van der Waals surface area contributed by atoms with E-state index in [1.807, 2.05) is 5.43 Å². The number of nitrogens with zero attached hydrogens (tertiary/aromatic N) is 2. The number of carbonyl (C=O) groups is 1. The molecule has 0 aliphatic carbocycles. The van der Waals surface area contributed by atoms with E-state index in [0.29, 0.717) is 13.0 Å². The number of rotatable bonds is 2. The SMILES string of the molecule is O=C(O)NN1CCCCC1[N+](=O)[O-]. The molecule has 1 heterocycles. The van der Waals surface area contributed by atoms with Crippen LogP contribution in [0.15, 0.2) is 0 Å². The van der Waals surface area contributed by atoms with E-state index in [1.54, 1.807) is 0 Å². The van der Waals surface area contributed by atoms with Gasteiger partial charge in [-0.1, -0.05) is 0 Å². The maximum Gasteiger partial charge on any atom is 0.419 e. The van der Waals surface area contributed by atoms with Crippen LogP contribution in [0.1, 0.15) is 19.3 Å². The molecule has 7 nitrogen and oxygen atoms in total. The highest BCUT2D eigenvalue weighted by Crippen LogP contribution is 2.14. The normalized spacial score (nSPS) is 23.8. The number of hydrazine groups is 1. The average Bonchev–Trinajstić information content (AvgIpc) is 2.03. The van der Waals surface area contributed by atoms with Gasteiger partial charge in [0.05, 0.1) is 0 Å². The van der Waals surface area contributed by atoms with Gasteiger partial charge in [0.1, 0.15) is 0 Å². The molecule has 0 bridgehead atoms. The Hall–Kier alpha value is -1.37. The van der Waals surface area contributed by atoms with Crippen molar-refractivity contribution in [3.05, 3.63) is 10.1 Å². The molecular weight excluding hydrogens is 178 g/mol. The lowest BCUT2D eigenvalue weighted by atomic mass is 10.1. The largest absolute Gasteiger partial charge is 0.464 e. The van der Waals surface area contributed by atoms with E-state index in [1.165, 1.54) is 0 Å². The van der Waals surface area contributed by atoms with Gasteiger partial charge in [-0.2, -0.15) is 5.01 Å². The summed E-state index contributed by atoms with van der Waals surface area (Å²) in [4.78, 5) is 20.3. The van der Waals surface area contributed by atoms with Crippen LogP contribution >= 0.6 is 0 Å². The van der Waals surface area contributed by atoms with E-state index >= 15 is 0 Å². The van der Waals surface area contributed by atoms with E-state index in [0.717, 1.165) is 17.9 Å². The van der Waals surface area contributed by atoms with Crippen molar-refractivity contribution in [2.45, 2.75) is 25.4 Å². The monoisotopic (exact) mass is 189 g/mol. The van der Waals surface area contributed by atoms with Crippen LogP contribution in [0.3, 0.4) is 0 Å². The topological polar surface area (TPSA) is 95.7 Å². The van der Waals surface area contributed by atoms with Gasteiger partial charge >= 0.3 is 6.09 Å². The molecule has 0 aromatic heterocycles. The van der Waals surface area contributed by atoms with Gasteiger partial charge in [-0.05, 0) is 12.8 Å². The van der Waals surface area contributed by atoms with Crippen LogP contribution in [-0.2, 0) is 0 Å². The summed E-state index contributed by atoms with van der Waals surface area (Å²) < 4.78 is 0. The number of hydrogen-bond donors (Lipinski definition) is 2. The molecule has 0 spiro atoms. The maximum absolute atomic E-state index is 10.5. The summed E-state index contributed by atoms with van der Waals surface area (Å²) in [7, 11) is 0. The zero-order valence-corrected chi connectivity index (χ0v) is 6.97. The second-order valence-electron chi connectivity index (χ2n) is 2.87. The third-order valence-electron chi connectivity index (χ3n) is 1.95. The highest BCUT2D eigenvalue weighted by Gasteiger charge is 2.32. The standard InChI is InChI=1S/C6H11N3O4/c10-6(11)7-8-4-2-1-3-5(8)9(12)13/h5,7H,1-4H2,(H,10,11). The Morgan fingerprint density at radius 1 is 1.62 bits per heavy atom. The molecule has 1 saturated heterocycles. The highest BCUT2D eigenvalue weighted by atomic mass is 16.6. The summed E-state index contributed by atoms with van der Waals surface area (Å²) in [5.41, 5.74) is 2.02. The average molecular weight is 189 g/mol. The van der Waals surface area contributed by atoms with Crippen molar-refractivity contribution in [2.75, 3.05) is 6.54 Å². The number of hydrogen-bond acceptors (Lipinski definition) is 4. The fourth-order valence-electron chi connectivity index (χ4n) is 1.39. The van der Waals surface area contributed by atoms with Crippen LogP contribution in [-0.4, -0.2) is 33.8 Å². The third-order valence-corrected chi connectivity index (χ3v) is 1.95.